The number of halogens is 2. The van der Waals surface area contributed by atoms with Gasteiger partial charge in [0.15, 0.2) is 8.32 Å². The Morgan fingerprint density at radius 1 is 1.23 bits per heavy atom. The van der Waals surface area contributed by atoms with Crippen LogP contribution in [0.1, 0.15) is 52.0 Å². The Balaban J connectivity index is 2.21. The van der Waals surface area contributed by atoms with Gasteiger partial charge in [-0.15, -0.1) is 0 Å². The standard InChI is InChI=1S/C20H31F2NO2Si/c1-19(2,3)26(4,5)25-17(13-11-16-12-14-18(24)23-16)20(21,22)15-9-7-6-8-10-15/h6-10,16-17H,11-14H2,1-5H3,(H,23,24)/t16-,17-/m0/s1. The van der Waals surface area contributed by atoms with E-state index in [4.69, 9.17) is 4.43 Å². The Labute approximate surface area is 156 Å². The lowest BCUT2D eigenvalue weighted by Crippen LogP contribution is -2.48. The van der Waals surface area contributed by atoms with Gasteiger partial charge in [0.25, 0.3) is 5.92 Å². The fraction of sp³-hybridized carbons (Fsp3) is 0.650. The SMILES string of the molecule is CC(C)(C)[Si](C)(C)O[C@@H](CC[C@H]1CCC(=O)N1)C(F)(F)c1ccccc1. The summed E-state index contributed by atoms with van der Waals surface area (Å²) in [5.41, 5.74) is -0.0147. The summed E-state index contributed by atoms with van der Waals surface area (Å²) < 4.78 is 36.8. The number of amides is 1. The van der Waals surface area contributed by atoms with Crippen molar-refractivity contribution in [1.82, 2.24) is 5.32 Å². The number of hydrogen-bond donors (Lipinski definition) is 1. The molecule has 1 aromatic carbocycles. The van der Waals surface area contributed by atoms with Gasteiger partial charge >= 0.3 is 0 Å². The van der Waals surface area contributed by atoms with E-state index in [1.807, 2.05) is 33.9 Å². The Morgan fingerprint density at radius 2 is 1.85 bits per heavy atom. The van der Waals surface area contributed by atoms with Crippen LogP contribution in [0.25, 0.3) is 0 Å². The molecule has 1 heterocycles. The Hall–Kier alpha value is -1.27. The van der Waals surface area contributed by atoms with Crippen molar-refractivity contribution in [2.45, 2.75) is 82.7 Å². The van der Waals surface area contributed by atoms with Crippen molar-refractivity contribution in [1.29, 1.82) is 0 Å². The maximum absolute atomic E-state index is 15.3. The van der Waals surface area contributed by atoms with Crippen LogP contribution >= 0.6 is 0 Å². The Bertz CT molecular complexity index is 614. The Morgan fingerprint density at radius 3 is 2.35 bits per heavy atom. The minimum Gasteiger partial charge on any atom is -0.407 e. The second-order valence-electron chi connectivity index (χ2n) is 8.74. The van der Waals surface area contributed by atoms with Crippen molar-refractivity contribution in [3.8, 4) is 0 Å². The maximum atomic E-state index is 15.3. The van der Waals surface area contributed by atoms with Crippen LogP contribution in [-0.2, 0) is 15.1 Å². The molecule has 1 fully saturated rings. The van der Waals surface area contributed by atoms with Gasteiger partial charge < -0.3 is 9.74 Å². The van der Waals surface area contributed by atoms with Gasteiger partial charge in [-0.25, -0.2) is 0 Å². The van der Waals surface area contributed by atoms with E-state index in [1.54, 1.807) is 18.2 Å². The summed E-state index contributed by atoms with van der Waals surface area (Å²) in [6.45, 7) is 10.1. The molecular formula is C20H31F2NO2Si. The topological polar surface area (TPSA) is 38.3 Å². The second kappa shape index (κ2) is 7.77. The number of nitrogens with one attached hydrogen (secondary N) is 1. The zero-order valence-electron chi connectivity index (χ0n) is 16.4. The number of carbonyl (C=O) groups excluding carboxylic acids is 1. The second-order valence-corrected chi connectivity index (χ2v) is 13.5. The highest BCUT2D eigenvalue weighted by Crippen LogP contribution is 2.43. The van der Waals surface area contributed by atoms with E-state index >= 15 is 8.78 Å². The fourth-order valence-corrected chi connectivity index (χ4v) is 4.27. The molecule has 0 unspecified atom stereocenters. The van der Waals surface area contributed by atoms with E-state index in [-0.39, 0.29) is 29.0 Å². The minimum absolute atomic E-state index is 0.00619. The van der Waals surface area contributed by atoms with E-state index in [1.165, 1.54) is 12.1 Å². The van der Waals surface area contributed by atoms with Crippen LogP contribution in [0.2, 0.25) is 18.1 Å². The van der Waals surface area contributed by atoms with Gasteiger partial charge in [-0.05, 0) is 37.4 Å². The molecule has 2 atom stereocenters. The highest BCUT2D eigenvalue weighted by atomic mass is 28.4. The molecule has 3 nitrogen and oxygen atoms in total. The van der Waals surface area contributed by atoms with E-state index in [0.717, 1.165) is 0 Å². The van der Waals surface area contributed by atoms with Crippen molar-refractivity contribution in [3.63, 3.8) is 0 Å². The first kappa shape index (κ1) is 21.0. The smallest absolute Gasteiger partial charge is 0.297 e. The molecule has 1 aromatic rings. The minimum atomic E-state index is -3.07. The van der Waals surface area contributed by atoms with E-state index in [0.29, 0.717) is 19.3 Å². The molecule has 2 rings (SSSR count). The molecule has 0 radical (unpaired) electrons. The third-order valence-electron chi connectivity index (χ3n) is 5.67. The predicted octanol–water partition coefficient (Wildman–Crippen LogP) is 5.23. The molecule has 0 aliphatic carbocycles. The molecule has 0 bridgehead atoms. The lowest BCUT2D eigenvalue weighted by atomic mass is 9.97. The van der Waals surface area contributed by atoms with Crippen LogP contribution in [0.4, 0.5) is 8.78 Å². The number of carbonyl (C=O) groups is 1. The molecule has 0 saturated carbocycles. The summed E-state index contributed by atoms with van der Waals surface area (Å²) in [6, 6.07) is 7.88. The molecular weight excluding hydrogens is 352 g/mol. The van der Waals surface area contributed by atoms with Crippen LogP contribution in [0.15, 0.2) is 30.3 Å². The average molecular weight is 384 g/mol. The van der Waals surface area contributed by atoms with Gasteiger partial charge in [-0.3, -0.25) is 4.79 Å². The predicted molar refractivity (Wildman–Crippen MR) is 103 cm³/mol. The van der Waals surface area contributed by atoms with Crippen molar-refractivity contribution >= 4 is 14.2 Å². The number of rotatable bonds is 7. The molecule has 6 heteroatoms. The normalized spacial score (nSPS) is 20.1. The molecule has 146 valence electrons. The first-order chi connectivity index (χ1) is 11.9. The van der Waals surface area contributed by atoms with Crippen LogP contribution in [-0.4, -0.2) is 26.4 Å². The summed E-state index contributed by atoms with van der Waals surface area (Å²) in [6.07, 6.45) is 0.728. The van der Waals surface area contributed by atoms with Crippen molar-refractivity contribution in [3.05, 3.63) is 35.9 Å². The molecule has 1 aliphatic heterocycles. The van der Waals surface area contributed by atoms with Crippen molar-refractivity contribution in [2.24, 2.45) is 0 Å². The number of benzene rings is 1. The van der Waals surface area contributed by atoms with E-state index < -0.39 is 20.3 Å². The first-order valence-corrected chi connectivity index (χ1v) is 12.2. The van der Waals surface area contributed by atoms with Crippen LogP contribution in [0, 0.1) is 0 Å². The molecule has 1 amide bonds. The van der Waals surface area contributed by atoms with Gasteiger partial charge in [0, 0.05) is 18.0 Å². The zero-order chi connectivity index (χ0) is 19.6. The quantitative estimate of drug-likeness (QED) is 0.655. The van der Waals surface area contributed by atoms with Crippen molar-refractivity contribution < 1.29 is 18.0 Å². The monoisotopic (exact) mass is 383 g/mol. The molecule has 26 heavy (non-hydrogen) atoms. The summed E-state index contributed by atoms with van der Waals surface area (Å²) in [4.78, 5) is 11.4. The zero-order valence-corrected chi connectivity index (χ0v) is 17.4. The van der Waals surface area contributed by atoms with Gasteiger partial charge in [-0.1, -0.05) is 51.1 Å². The third-order valence-corrected chi connectivity index (χ3v) is 10.2. The van der Waals surface area contributed by atoms with Gasteiger partial charge in [0.1, 0.15) is 6.10 Å². The number of hydrogen-bond acceptors (Lipinski definition) is 2. The fourth-order valence-electron chi connectivity index (χ4n) is 2.94. The summed E-state index contributed by atoms with van der Waals surface area (Å²) >= 11 is 0. The lowest BCUT2D eigenvalue weighted by Gasteiger charge is -2.41. The van der Waals surface area contributed by atoms with Gasteiger partial charge in [-0.2, -0.15) is 8.78 Å². The largest absolute Gasteiger partial charge is 0.407 e. The third kappa shape index (κ3) is 4.91. The average Bonchev–Trinajstić information content (AvgIpc) is 2.96. The summed E-state index contributed by atoms with van der Waals surface area (Å²) in [7, 11) is -2.37. The first-order valence-electron chi connectivity index (χ1n) is 9.34. The molecule has 0 spiro atoms. The Kier molecular flexibility index (Phi) is 6.28. The van der Waals surface area contributed by atoms with Crippen molar-refractivity contribution in [2.75, 3.05) is 0 Å². The highest BCUT2D eigenvalue weighted by molar-refractivity contribution is 6.74. The summed E-state index contributed by atoms with van der Waals surface area (Å²) in [5.74, 6) is -3.06. The highest BCUT2D eigenvalue weighted by Gasteiger charge is 2.48. The van der Waals surface area contributed by atoms with Crippen LogP contribution < -0.4 is 5.32 Å². The molecule has 0 aromatic heterocycles. The van der Waals surface area contributed by atoms with Gasteiger partial charge in [0.05, 0.1) is 0 Å². The lowest BCUT2D eigenvalue weighted by molar-refractivity contribution is -0.119. The van der Waals surface area contributed by atoms with Crippen LogP contribution in [0.5, 0.6) is 0 Å². The molecule has 1 aliphatic rings. The van der Waals surface area contributed by atoms with Crippen LogP contribution in [0.3, 0.4) is 0 Å². The van der Waals surface area contributed by atoms with E-state index in [9.17, 15) is 4.79 Å². The molecule has 1 N–H and O–H groups in total. The summed E-state index contributed by atoms with van der Waals surface area (Å²) in [5, 5.41) is 2.71. The maximum Gasteiger partial charge on any atom is 0.297 e. The number of alkyl halides is 2. The van der Waals surface area contributed by atoms with E-state index in [2.05, 4.69) is 5.32 Å². The van der Waals surface area contributed by atoms with Gasteiger partial charge in [0.2, 0.25) is 5.91 Å². The molecule has 1 saturated heterocycles.